The highest BCUT2D eigenvalue weighted by Crippen LogP contribution is 2.43. The van der Waals surface area contributed by atoms with E-state index in [0.717, 1.165) is 29.7 Å². The molecule has 5 atom stereocenters. The molecular formula is C23H32O5. The van der Waals surface area contributed by atoms with Crippen LogP contribution in [0.25, 0.3) is 0 Å². The number of allylic oxidation sites excluding steroid dienone is 1. The maximum atomic E-state index is 12.8. The van der Waals surface area contributed by atoms with Crippen molar-refractivity contribution in [2.45, 2.75) is 64.6 Å². The average Bonchev–Trinajstić information content (AvgIpc) is 3.48. The molecule has 1 aliphatic heterocycles. The number of ether oxygens (including phenoxy) is 4. The van der Waals surface area contributed by atoms with Gasteiger partial charge in [-0.25, -0.2) is 0 Å². The van der Waals surface area contributed by atoms with Crippen molar-refractivity contribution in [3.63, 3.8) is 0 Å². The molecule has 5 heteroatoms. The van der Waals surface area contributed by atoms with E-state index in [9.17, 15) is 4.79 Å². The van der Waals surface area contributed by atoms with Crippen molar-refractivity contribution in [3.8, 4) is 5.75 Å². The van der Waals surface area contributed by atoms with E-state index in [1.807, 2.05) is 31.2 Å². The van der Waals surface area contributed by atoms with Crippen molar-refractivity contribution >= 4 is 5.78 Å². The van der Waals surface area contributed by atoms with Crippen molar-refractivity contribution in [3.05, 3.63) is 41.5 Å². The monoisotopic (exact) mass is 388 g/mol. The van der Waals surface area contributed by atoms with Gasteiger partial charge in [-0.05, 0) is 43.4 Å². The molecule has 3 rings (SSSR count). The molecule has 0 amide bonds. The first-order valence-corrected chi connectivity index (χ1v) is 10.1. The van der Waals surface area contributed by atoms with Gasteiger partial charge in [-0.1, -0.05) is 37.6 Å². The minimum absolute atomic E-state index is 0.124. The van der Waals surface area contributed by atoms with E-state index in [1.165, 1.54) is 0 Å². The van der Waals surface area contributed by atoms with Gasteiger partial charge in [0.05, 0.1) is 25.7 Å². The summed E-state index contributed by atoms with van der Waals surface area (Å²) in [5, 5.41) is 0. The van der Waals surface area contributed by atoms with E-state index >= 15 is 0 Å². The molecule has 0 aromatic heterocycles. The zero-order valence-electron chi connectivity index (χ0n) is 17.5. The average molecular weight is 389 g/mol. The minimum atomic E-state index is -0.356. The van der Waals surface area contributed by atoms with Crippen LogP contribution in [0.5, 0.6) is 5.75 Å². The highest BCUT2D eigenvalue weighted by atomic mass is 16.6. The van der Waals surface area contributed by atoms with E-state index < -0.39 is 0 Å². The molecule has 1 aromatic carbocycles. The highest BCUT2D eigenvalue weighted by molar-refractivity contribution is 5.92. The Balaban J connectivity index is 1.69. The topological polar surface area (TPSA) is 57.3 Å². The number of fused-ring (bicyclic) bond motifs is 1. The smallest absolute Gasteiger partial charge is 0.174 e. The van der Waals surface area contributed by atoms with Gasteiger partial charge in [0, 0.05) is 7.11 Å². The number of carbonyl (C=O) groups is 1. The fourth-order valence-electron chi connectivity index (χ4n) is 3.95. The Morgan fingerprint density at radius 2 is 1.89 bits per heavy atom. The Hall–Kier alpha value is -1.69. The number of methoxy groups -OCH3 is 2. The summed E-state index contributed by atoms with van der Waals surface area (Å²) >= 11 is 0. The third kappa shape index (κ3) is 4.65. The summed E-state index contributed by atoms with van der Waals surface area (Å²) in [5.41, 5.74) is 2.11. The highest BCUT2D eigenvalue weighted by Gasteiger charge is 2.61. The lowest BCUT2D eigenvalue weighted by atomic mass is 9.78. The quantitative estimate of drug-likeness (QED) is 0.474. The first-order chi connectivity index (χ1) is 13.5. The Kier molecular flexibility index (Phi) is 6.91. The van der Waals surface area contributed by atoms with Gasteiger partial charge in [-0.15, -0.1) is 0 Å². The van der Waals surface area contributed by atoms with Crippen molar-refractivity contribution in [1.29, 1.82) is 0 Å². The Labute approximate surface area is 168 Å². The Morgan fingerprint density at radius 1 is 1.18 bits per heavy atom. The van der Waals surface area contributed by atoms with Crippen LogP contribution in [-0.2, 0) is 25.6 Å². The predicted octanol–water partition coefficient (Wildman–Crippen LogP) is 3.94. The summed E-state index contributed by atoms with van der Waals surface area (Å²) in [6.07, 6.45) is 3.11. The fourth-order valence-corrected chi connectivity index (χ4v) is 3.95. The van der Waals surface area contributed by atoms with Gasteiger partial charge in [0.1, 0.15) is 24.1 Å². The molecule has 1 saturated heterocycles. The van der Waals surface area contributed by atoms with Crippen LogP contribution in [0.4, 0.5) is 0 Å². The van der Waals surface area contributed by atoms with Crippen LogP contribution in [0, 0.1) is 11.8 Å². The minimum Gasteiger partial charge on any atom is -0.497 e. The normalized spacial score (nSPS) is 29.7. The molecule has 0 N–H and O–H groups in total. The van der Waals surface area contributed by atoms with Gasteiger partial charge in [-0.2, -0.15) is 0 Å². The number of ketones is 1. The maximum Gasteiger partial charge on any atom is 0.174 e. The van der Waals surface area contributed by atoms with Crippen molar-refractivity contribution < 1.29 is 23.7 Å². The Morgan fingerprint density at radius 3 is 2.50 bits per heavy atom. The van der Waals surface area contributed by atoms with Crippen molar-refractivity contribution in [2.24, 2.45) is 11.8 Å². The largest absolute Gasteiger partial charge is 0.497 e. The van der Waals surface area contributed by atoms with Crippen molar-refractivity contribution in [2.75, 3.05) is 14.2 Å². The van der Waals surface area contributed by atoms with Crippen LogP contribution in [0.1, 0.15) is 39.2 Å². The molecule has 2 aliphatic rings. The number of hydrogen-bond acceptors (Lipinski definition) is 5. The summed E-state index contributed by atoms with van der Waals surface area (Å²) in [6, 6.07) is 7.79. The van der Waals surface area contributed by atoms with Gasteiger partial charge in [0.2, 0.25) is 0 Å². The van der Waals surface area contributed by atoms with Crippen LogP contribution in [0.2, 0.25) is 0 Å². The zero-order chi connectivity index (χ0) is 20.3. The predicted molar refractivity (Wildman–Crippen MR) is 107 cm³/mol. The molecule has 5 nitrogen and oxygen atoms in total. The van der Waals surface area contributed by atoms with Gasteiger partial charge in [-0.3, -0.25) is 4.79 Å². The number of benzene rings is 1. The van der Waals surface area contributed by atoms with Crippen LogP contribution in [0.15, 0.2) is 35.9 Å². The lowest BCUT2D eigenvalue weighted by Crippen LogP contribution is -2.50. The van der Waals surface area contributed by atoms with Gasteiger partial charge in [0.25, 0.3) is 0 Å². The third-order valence-electron chi connectivity index (χ3n) is 5.66. The molecule has 0 radical (unpaired) electrons. The summed E-state index contributed by atoms with van der Waals surface area (Å²) in [4.78, 5) is 12.8. The van der Waals surface area contributed by atoms with Gasteiger partial charge < -0.3 is 18.9 Å². The van der Waals surface area contributed by atoms with Crippen LogP contribution < -0.4 is 4.74 Å². The standard InChI is InChI=1S/C23H32O5/c1-14(2)7-6-8-15(3)18-19(24)21-23(28-21)22(20(18)26-5)27-13-16-9-11-17(25-4)12-10-16/h8-12,14,18,20-23H,6-7,13H2,1-5H3/b15-8+. The first-order valence-electron chi connectivity index (χ1n) is 10.1. The summed E-state index contributed by atoms with van der Waals surface area (Å²) < 4.78 is 22.8. The summed E-state index contributed by atoms with van der Waals surface area (Å²) in [7, 11) is 3.30. The maximum absolute atomic E-state index is 12.8. The molecule has 1 aromatic rings. The zero-order valence-corrected chi connectivity index (χ0v) is 17.5. The Bertz CT molecular complexity index is 693. The molecule has 28 heavy (non-hydrogen) atoms. The molecule has 154 valence electrons. The second-order valence-corrected chi connectivity index (χ2v) is 8.14. The number of carbonyl (C=O) groups excluding carboxylic acids is 1. The lowest BCUT2D eigenvalue weighted by molar-refractivity contribution is -0.138. The van der Waals surface area contributed by atoms with E-state index in [0.29, 0.717) is 12.5 Å². The van der Waals surface area contributed by atoms with Crippen LogP contribution in [-0.4, -0.2) is 44.4 Å². The summed E-state index contributed by atoms with van der Waals surface area (Å²) in [5.74, 6) is 1.27. The van der Waals surface area contributed by atoms with Crippen LogP contribution >= 0.6 is 0 Å². The van der Waals surface area contributed by atoms with E-state index in [1.54, 1.807) is 14.2 Å². The number of rotatable bonds is 9. The molecule has 0 bridgehead atoms. The van der Waals surface area contributed by atoms with Crippen molar-refractivity contribution in [1.82, 2.24) is 0 Å². The molecule has 1 aliphatic carbocycles. The molecule has 5 unspecified atom stereocenters. The molecule has 2 fully saturated rings. The van der Waals surface area contributed by atoms with E-state index in [2.05, 4.69) is 19.9 Å². The van der Waals surface area contributed by atoms with E-state index in [-0.39, 0.29) is 36.1 Å². The SMILES string of the molecule is COc1ccc(COC2C3OC3C(=O)C(/C(C)=C/CCC(C)C)C2OC)cc1. The molecule has 0 spiro atoms. The molecule has 1 heterocycles. The fraction of sp³-hybridized carbons (Fsp3) is 0.609. The number of Topliss-reactive ketones (excluding diaryl/α,β-unsaturated/α-hetero) is 1. The molecule has 1 saturated carbocycles. The van der Waals surface area contributed by atoms with E-state index in [4.69, 9.17) is 18.9 Å². The first kappa shape index (κ1) is 21.0. The third-order valence-corrected chi connectivity index (χ3v) is 5.66. The number of hydrogen-bond donors (Lipinski definition) is 0. The summed E-state index contributed by atoms with van der Waals surface area (Å²) in [6.45, 7) is 6.88. The second-order valence-electron chi connectivity index (χ2n) is 8.14. The van der Waals surface area contributed by atoms with Gasteiger partial charge >= 0.3 is 0 Å². The second kappa shape index (κ2) is 9.21. The lowest BCUT2D eigenvalue weighted by Gasteiger charge is -2.34. The van der Waals surface area contributed by atoms with Crippen LogP contribution in [0.3, 0.4) is 0 Å². The van der Waals surface area contributed by atoms with Gasteiger partial charge in [0.15, 0.2) is 5.78 Å². The number of epoxide rings is 1. The molecular weight excluding hydrogens is 356 g/mol.